The maximum Gasteiger partial charge on any atom is 0.138 e. The Balaban J connectivity index is 1.96. The first kappa shape index (κ1) is 18.9. The zero-order chi connectivity index (χ0) is 19.2. The first-order chi connectivity index (χ1) is 13.8. The fourth-order valence-electron chi connectivity index (χ4n) is 4.04. The van der Waals surface area contributed by atoms with E-state index >= 15 is 0 Å². The van der Waals surface area contributed by atoms with Crippen LogP contribution in [0.4, 0.5) is 0 Å². The maximum atomic E-state index is 3.47. The van der Waals surface area contributed by atoms with Crippen LogP contribution in [0.1, 0.15) is 6.92 Å². The molecule has 1 heterocycles. The van der Waals surface area contributed by atoms with Crippen molar-refractivity contribution in [2.75, 3.05) is 26.2 Å². The first-order valence-electron chi connectivity index (χ1n) is 10.0. The second kappa shape index (κ2) is 8.73. The lowest BCUT2D eigenvalue weighted by molar-refractivity contribution is 0.300. The fourth-order valence-corrected chi connectivity index (χ4v) is 8.03. The van der Waals surface area contributed by atoms with Gasteiger partial charge in [0.2, 0.25) is 0 Å². The van der Waals surface area contributed by atoms with Gasteiger partial charge in [0.1, 0.15) is 23.2 Å². The zero-order valence-electron chi connectivity index (χ0n) is 16.5. The van der Waals surface area contributed by atoms with Gasteiger partial charge in [-0.15, -0.1) is 0 Å². The third kappa shape index (κ3) is 3.76. The monoisotopic (exact) mass is 387 g/mol. The molecule has 0 aliphatic carbocycles. The molecule has 1 N–H and O–H groups in total. The van der Waals surface area contributed by atoms with Crippen molar-refractivity contribution in [3.8, 4) is 0 Å². The molecular formula is C25H28N2P+. The van der Waals surface area contributed by atoms with Crippen molar-refractivity contribution in [2.24, 2.45) is 0 Å². The highest BCUT2D eigenvalue weighted by molar-refractivity contribution is 7.98. The third-order valence-electron chi connectivity index (χ3n) is 5.49. The maximum absolute atomic E-state index is 3.47. The lowest BCUT2D eigenvalue weighted by atomic mass is 10.3. The summed E-state index contributed by atoms with van der Waals surface area (Å²) in [6, 6.07) is 33.2. The van der Waals surface area contributed by atoms with E-state index < -0.39 is 7.26 Å². The van der Waals surface area contributed by atoms with Crippen LogP contribution in [0.2, 0.25) is 0 Å². The van der Waals surface area contributed by atoms with Gasteiger partial charge in [-0.3, -0.25) is 0 Å². The summed E-state index contributed by atoms with van der Waals surface area (Å²) in [6.45, 7) is 6.54. The minimum absolute atomic E-state index is 1.05. The molecule has 0 unspecified atom stereocenters. The molecule has 0 aromatic heterocycles. The van der Waals surface area contributed by atoms with Crippen LogP contribution >= 0.6 is 7.26 Å². The van der Waals surface area contributed by atoms with Crippen molar-refractivity contribution in [2.45, 2.75) is 6.92 Å². The van der Waals surface area contributed by atoms with Gasteiger partial charge in [-0.1, -0.05) is 54.6 Å². The molecule has 3 heteroatoms. The SMILES string of the molecule is CC(=C[P+](c1ccccc1)(c1ccccc1)c1ccccc1)N1CCNCC1. The van der Waals surface area contributed by atoms with E-state index in [1.165, 1.54) is 21.6 Å². The summed E-state index contributed by atoms with van der Waals surface area (Å²) < 4.78 is 0. The van der Waals surface area contributed by atoms with E-state index in [9.17, 15) is 0 Å². The molecule has 28 heavy (non-hydrogen) atoms. The Morgan fingerprint density at radius 1 is 0.714 bits per heavy atom. The van der Waals surface area contributed by atoms with E-state index in [1.807, 2.05) is 0 Å². The second-order valence-corrected chi connectivity index (χ2v) is 10.5. The summed E-state index contributed by atoms with van der Waals surface area (Å²) in [5, 5.41) is 7.68. The smallest absolute Gasteiger partial charge is 0.138 e. The highest BCUT2D eigenvalue weighted by atomic mass is 31.2. The summed E-state index contributed by atoms with van der Waals surface area (Å²) in [6.07, 6.45) is 0. The lowest BCUT2D eigenvalue weighted by Gasteiger charge is -2.32. The van der Waals surface area contributed by atoms with Crippen molar-refractivity contribution in [3.63, 3.8) is 0 Å². The number of nitrogens with one attached hydrogen (secondary N) is 1. The molecule has 0 spiro atoms. The predicted molar refractivity (Wildman–Crippen MR) is 123 cm³/mol. The van der Waals surface area contributed by atoms with E-state index in [-0.39, 0.29) is 0 Å². The molecule has 1 fully saturated rings. The molecule has 1 saturated heterocycles. The van der Waals surface area contributed by atoms with Gasteiger partial charge in [0.15, 0.2) is 0 Å². The van der Waals surface area contributed by atoms with Gasteiger partial charge in [0, 0.05) is 31.9 Å². The van der Waals surface area contributed by atoms with E-state index in [1.54, 1.807) is 0 Å². The Bertz CT molecular complexity index is 804. The molecule has 1 aliphatic heterocycles. The van der Waals surface area contributed by atoms with E-state index in [4.69, 9.17) is 0 Å². The highest BCUT2D eigenvalue weighted by Crippen LogP contribution is 2.57. The van der Waals surface area contributed by atoms with Crippen LogP contribution < -0.4 is 21.2 Å². The Morgan fingerprint density at radius 3 is 1.50 bits per heavy atom. The first-order valence-corrected chi connectivity index (χ1v) is 11.9. The summed E-state index contributed by atoms with van der Waals surface area (Å²) in [7, 11) is -1.90. The van der Waals surface area contributed by atoms with Gasteiger partial charge < -0.3 is 10.2 Å². The second-order valence-electron chi connectivity index (χ2n) is 7.24. The average Bonchev–Trinajstić information content (AvgIpc) is 2.80. The molecule has 0 atom stereocenters. The Kier molecular flexibility index (Phi) is 5.90. The minimum atomic E-state index is -1.90. The van der Waals surface area contributed by atoms with Gasteiger partial charge in [0.25, 0.3) is 0 Å². The van der Waals surface area contributed by atoms with Gasteiger partial charge >= 0.3 is 0 Å². The molecule has 4 rings (SSSR count). The van der Waals surface area contributed by atoms with Crippen LogP contribution in [0.15, 0.2) is 103 Å². The summed E-state index contributed by atoms with van der Waals surface area (Å²) in [4.78, 5) is 2.53. The lowest BCUT2D eigenvalue weighted by Crippen LogP contribution is -2.42. The molecule has 142 valence electrons. The number of hydrogen-bond acceptors (Lipinski definition) is 2. The largest absolute Gasteiger partial charge is 0.370 e. The topological polar surface area (TPSA) is 15.3 Å². The van der Waals surface area contributed by atoms with Crippen molar-refractivity contribution >= 4 is 23.2 Å². The number of nitrogens with zero attached hydrogens (tertiary/aromatic N) is 1. The number of allylic oxidation sites excluding steroid dienone is 1. The molecule has 1 aliphatic rings. The summed E-state index contributed by atoms with van der Waals surface area (Å²) in [5.41, 5.74) is 1.38. The average molecular weight is 387 g/mol. The molecule has 0 bridgehead atoms. The van der Waals surface area contributed by atoms with Gasteiger partial charge in [-0.2, -0.15) is 0 Å². The summed E-state index contributed by atoms with van der Waals surface area (Å²) in [5.74, 6) is 2.58. The Morgan fingerprint density at radius 2 is 1.11 bits per heavy atom. The van der Waals surface area contributed by atoms with Crippen molar-refractivity contribution < 1.29 is 0 Å². The van der Waals surface area contributed by atoms with E-state index in [2.05, 4.69) is 114 Å². The molecule has 0 amide bonds. The number of piperazine rings is 1. The van der Waals surface area contributed by atoms with Crippen LogP contribution in [0, 0.1) is 0 Å². The molecule has 3 aromatic rings. The quantitative estimate of drug-likeness (QED) is 0.671. The van der Waals surface area contributed by atoms with Crippen molar-refractivity contribution in [3.05, 3.63) is 103 Å². The van der Waals surface area contributed by atoms with Gasteiger partial charge in [-0.25, -0.2) is 0 Å². The number of rotatable bonds is 5. The van der Waals surface area contributed by atoms with Gasteiger partial charge in [0.05, 0.1) is 5.82 Å². The van der Waals surface area contributed by atoms with Crippen LogP contribution in [0.3, 0.4) is 0 Å². The van der Waals surface area contributed by atoms with Crippen LogP contribution in [0.5, 0.6) is 0 Å². The Hall–Kier alpha value is -2.41. The highest BCUT2D eigenvalue weighted by Gasteiger charge is 2.44. The number of benzene rings is 3. The predicted octanol–water partition coefficient (Wildman–Crippen LogP) is 3.75. The van der Waals surface area contributed by atoms with Gasteiger partial charge in [-0.05, 0) is 43.3 Å². The zero-order valence-corrected chi connectivity index (χ0v) is 17.4. The van der Waals surface area contributed by atoms with E-state index in [0.29, 0.717) is 0 Å². The van der Waals surface area contributed by atoms with E-state index in [0.717, 1.165) is 26.2 Å². The van der Waals surface area contributed by atoms with Crippen molar-refractivity contribution in [1.29, 1.82) is 0 Å². The normalized spacial score (nSPS) is 15.5. The molecule has 0 saturated carbocycles. The molecule has 3 aromatic carbocycles. The molecule has 0 radical (unpaired) electrons. The van der Waals surface area contributed by atoms with Crippen LogP contribution in [0.25, 0.3) is 0 Å². The van der Waals surface area contributed by atoms with Crippen molar-refractivity contribution in [1.82, 2.24) is 10.2 Å². The van der Waals surface area contributed by atoms with Crippen LogP contribution in [-0.4, -0.2) is 31.1 Å². The fraction of sp³-hybridized carbons (Fsp3) is 0.200. The molecular weight excluding hydrogens is 359 g/mol. The number of hydrogen-bond donors (Lipinski definition) is 1. The Labute approximate surface area is 169 Å². The third-order valence-corrected chi connectivity index (χ3v) is 9.59. The standard InChI is InChI=1S/C25H28N2P/c1-22(27-19-17-26-18-20-27)21-28(23-11-5-2-6-12-23,24-13-7-3-8-14-24)25-15-9-4-10-16-25/h2-16,21,26H,17-20H2,1H3/q+1. The van der Waals surface area contributed by atoms with Crippen LogP contribution in [-0.2, 0) is 0 Å². The molecule has 2 nitrogen and oxygen atoms in total. The summed E-state index contributed by atoms with van der Waals surface area (Å²) >= 11 is 0. The minimum Gasteiger partial charge on any atom is -0.370 e.